The Labute approximate surface area is 222 Å². The number of esters is 2. The van der Waals surface area contributed by atoms with Crippen molar-refractivity contribution >= 4 is 11.9 Å². The second-order valence-corrected chi connectivity index (χ2v) is 9.73. The van der Waals surface area contributed by atoms with Crippen molar-refractivity contribution in [1.82, 2.24) is 0 Å². The number of epoxide rings is 1. The third-order valence-electron chi connectivity index (χ3n) is 7.01. The molecule has 0 aliphatic carbocycles. The largest absolute Gasteiger partial charge is 0.456 e. The number of carbonyl (C=O) groups is 2. The van der Waals surface area contributed by atoms with Crippen molar-refractivity contribution in [2.75, 3.05) is 13.7 Å². The van der Waals surface area contributed by atoms with Crippen molar-refractivity contribution in [3.63, 3.8) is 0 Å². The molecule has 3 heterocycles. The van der Waals surface area contributed by atoms with E-state index in [9.17, 15) is 9.59 Å². The zero-order valence-corrected chi connectivity index (χ0v) is 21.4. The van der Waals surface area contributed by atoms with Crippen LogP contribution < -0.4 is 0 Å². The summed E-state index contributed by atoms with van der Waals surface area (Å²) in [5.74, 6) is -0.828. The molecule has 9 heteroatoms. The van der Waals surface area contributed by atoms with Gasteiger partial charge in [-0.2, -0.15) is 0 Å². The highest BCUT2D eigenvalue weighted by Gasteiger charge is 2.49. The van der Waals surface area contributed by atoms with E-state index in [1.165, 1.54) is 7.11 Å². The number of rotatable bonds is 7. The topological polar surface area (TPSA) is 102 Å². The molecule has 7 atom stereocenters. The fourth-order valence-electron chi connectivity index (χ4n) is 4.92. The summed E-state index contributed by atoms with van der Waals surface area (Å²) < 4.78 is 41.8. The Morgan fingerprint density at radius 1 is 0.737 bits per heavy atom. The van der Waals surface area contributed by atoms with Crippen molar-refractivity contribution in [3.05, 3.63) is 71.8 Å². The summed E-state index contributed by atoms with van der Waals surface area (Å²) in [4.78, 5) is 25.7. The molecule has 2 aromatic carbocycles. The fourth-order valence-corrected chi connectivity index (χ4v) is 4.92. The summed E-state index contributed by atoms with van der Waals surface area (Å²) in [7, 11) is 1.51. The zero-order chi connectivity index (χ0) is 26.3. The van der Waals surface area contributed by atoms with Crippen molar-refractivity contribution in [2.45, 2.75) is 81.8 Å². The summed E-state index contributed by atoms with van der Waals surface area (Å²) in [6.45, 7) is 0.437. The van der Waals surface area contributed by atoms with Crippen molar-refractivity contribution in [3.8, 4) is 0 Å². The van der Waals surface area contributed by atoms with Gasteiger partial charge in [0.1, 0.15) is 12.2 Å². The molecule has 2 aromatic rings. The zero-order valence-electron chi connectivity index (χ0n) is 21.4. The molecule has 3 saturated heterocycles. The van der Waals surface area contributed by atoms with E-state index in [2.05, 4.69) is 0 Å². The molecule has 204 valence electrons. The van der Waals surface area contributed by atoms with Crippen LogP contribution in [-0.4, -0.2) is 68.6 Å². The molecule has 0 spiro atoms. The van der Waals surface area contributed by atoms with Gasteiger partial charge in [-0.15, -0.1) is 0 Å². The van der Waals surface area contributed by atoms with E-state index < -0.39 is 42.6 Å². The molecule has 38 heavy (non-hydrogen) atoms. The van der Waals surface area contributed by atoms with Crippen molar-refractivity contribution in [1.29, 1.82) is 0 Å². The summed E-state index contributed by atoms with van der Waals surface area (Å²) in [5, 5.41) is 0. The van der Waals surface area contributed by atoms with Gasteiger partial charge in [0.25, 0.3) is 0 Å². The maximum Gasteiger partial charge on any atom is 0.306 e. The molecule has 0 amide bonds. The predicted octanol–water partition coefficient (Wildman–Crippen LogP) is 3.32. The first-order valence-corrected chi connectivity index (χ1v) is 13.1. The predicted molar refractivity (Wildman–Crippen MR) is 134 cm³/mol. The number of methoxy groups -OCH3 is 1. The quantitative estimate of drug-likeness (QED) is 0.397. The van der Waals surface area contributed by atoms with E-state index in [0.717, 1.165) is 11.1 Å². The van der Waals surface area contributed by atoms with Gasteiger partial charge in [-0.3, -0.25) is 9.59 Å². The number of carbonyl (C=O) groups excluding carboxylic acids is 2. The van der Waals surface area contributed by atoms with Gasteiger partial charge in [0, 0.05) is 20.0 Å². The molecule has 3 fully saturated rings. The van der Waals surface area contributed by atoms with E-state index in [4.69, 9.17) is 33.2 Å². The highest BCUT2D eigenvalue weighted by molar-refractivity contribution is 5.71. The number of ether oxygens (including phenoxy) is 7. The first kappa shape index (κ1) is 26.8. The van der Waals surface area contributed by atoms with Crippen LogP contribution in [0.1, 0.15) is 36.8 Å². The van der Waals surface area contributed by atoms with E-state index in [1.807, 2.05) is 60.7 Å². The van der Waals surface area contributed by atoms with Gasteiger partial charge in [-0.1, -0.05) is 60.7 Å². The average Bonchev–Trinajstić information content (AvgIpc) is 3.72. The first-order chi connectivity index (χ1) is 18.6. The Morgan fingerprint density at radius 2 is 1.29 bits per heavy atom. The Morgan fingerprint density at radius 3 is 1.87 bits per heavy atom. The molecule has 3 aliphatic rings. The third-order valence-corrected chi connectivity index (χ3v) is 7.01. The minimum Gasteiger partial charge on any atom is -0.456 e. The molecule has 0 radical (unpaired) electrons. The van der Waals surface area contributed by atoms with Crippen LogP contribution in [-0.2, 0) is 56.0 Å². The standard InChI is InChI=1S/C29H34O9/c1-32-29-28(34-17-20-10-6-3-7-11-20)27(33-16-19-8-4-2-5-9-19)26-23(18-35-29)37-24(30)14-12-21-22(36-21)13-15-25(31)38-26/h2-11,21-23,26-29H,12-18H2,1H3/t21?,22?,23-,26-,27+,28-,29-/m1/s1. The molecular weight excluding hydrogens is 492 g/mol. The van der Waals surface area contributed by atoms with E-state index >= 15 is 0 Å². The van der Waals surface area contributed by atoms with Crippen LogP contribution in [0.4, 0.5) is 0 Å². The number of fused-ring (bicyclic) bond motifs is 2. The average molecular weight is 527 g/mol. The lowest BCUT2D eigenvalue weighted by atomic mass is 10.0. The summed E-state index contributed by atoms with van der Waals surface area (Å²) >= 11 is 0. The van der Waals surface area contributed by atoms with Crippen LogP contribution in [0.3, 0.4) is 0 Å². The van der Waals surface area contributed by atoms with Gasteiger partial charge >= 0.3 is 11.9 Å². The lowest BCUT2D eigenvalue weighted by Gasteiger charge is -2.35. The maximum absolute atomic E-state index is 13.0. The van der Waals surface area contributed by atoms with Crippen LogP contribution in [0.2, 0.25) is 0 Å². The minimum absolute atomic E-state index is 0.0217. The molecule has 0 saturated carbocycles. The molecular formula is C29H34O9. The van der Waals surface area contributed by atoms with E-state index in [0.29, 0.717) is 12.8 Å². The number of hydrogen-bond acceptors (Lipinski definition) is 9. The Hall–Kier alpha value is -2.82. The molecule has 0 aromatic heterocycles. The SMILES string of the molecule is CO[C@@H]1OC[C@H]2OC(=O)CCC3OC3CCC(=O)O[C@H]2[C@H](OCc2ccccc2)[C@H]1OCc1ccccc1. The van der Waals surface area contributed by atoms with Crippen LogP contribution in [0.5, 0.6) is 0 Å². The van der Waals surface area contributed by atoms with Gasteiger partial charge < -0.3 is 33.2 Å². The second-order valence-electron chi connectivity index (χ2n) is 9.73. The molecule has 5 rings (SSSR count). The fraction of sp³-hybridized carbons (Fsp3) is 0.517. The van der Waals surface area contributed by atoms with Crippen LogP contribution in [0.25, 0.3) is 0 Å². The lowest BCUT2D eigenvalue weighted by molar-refractivity contribution is -0.228. The van der Waals surface area contributed by atoms with E-state index in [-0.39, 0.29) is 44.9 Å². The molecule has 3 aliphatic heterocycles. The minimum atomic E-state index is -0.966. The van der Waals surface area contributed by atoms with Crippen molar-refractivity contribution < 1.29 is 42.7 Å². The third kappa shape index (κ3) is 6.98. The van der Waals surface area contributed by atoms with Gasteiger partial charge in [-0.25, -0.2) is 0 Å². The normalized spacial score (nSPS) is 31.9. The second kappa shape index (κ2) is 12.8. The van der Waals surface area contributed by atoms with Crippen LogP contribution >= 0.6 is 0 Å². The molecule has 2 unspecified atom stereocenters. The van der Waals surface area contributed by atoms with Gasteiger partial charge in [-0.05, 0) is 24.0 Å². The number of benzene rings is 2. The van der Waals surface area contributed by atoms with Crippen LogP contribution in [0.15, 0.2) is 60.7 Å². The molecule has 9 nitrogen and oxygen atoms in total. The summed E-state index contributed by atoms with van der Waals surface area (Å²) in [6, 6.07) is 19.3. The smallest absolute Gasteiger partial charge is 0.306 e. The van der Waals surface area contributed by atoms with Crippen LogP contribution in [0, 0.1) is 0 Å². The highest BCUT2D eigenvalue weighted by Crippen LogP contribution is 2.33. The maximum atomic E-state index is 13.0. The Balaban J connectivity index is 1.43. The Bertz CT molecular complexity index is 1050. The Kier molecular flexibility index (Phi) is 9.03. The van der Waals surface area contributed by atoms with Crippen molar-refractivity contribution in [2.24, 2.45) is 0 Å². The summed E-state index contributed by atoms with van der Waals surface area (Å²) in [6.07, 6.45) is -2.91. The highest BCUT2D eigenvalue weighted by atomic mass is 16.7. The summed E-state index contributed by atoms with van der Waals surface area (Å²) in [5.41, 5.74) is 1.88. The number of hydrogen-bond donors (Lipinski definition) is 0. The van der Waals surface area contributed by atoms with Gasteiger partial charge in [0.05, 0.1) is 32.0 Å². The molecule has 0 N–H and O–H groups in total. The van der Waals surface area contributed by atoms with E-state index in [1.54, 1.807) is 0 Å². The van der Waals surface area contributed by atoms with Gasteiger partial charge in [0.2, 0.25) is 0 Å². The van der Waals surface area contributed by atoms with Gasteiger partial charge in [0.15, 0.2) is 18.5 Å². The molecule has 0 bridgehead atoms. The first-order valence-electron chi connectivity index (χ1n) is 13.1. The monoisotopic (exact) mass is 526 g/mol. The lowest BCUT2D eigenvalue weighted by Crippen LogP contribution is -2.52.